The Morgan fingerprint density at radius 3 is 2.32 bits per heavy atom. The first-order valence-electron chi connectivity index (χ1n) is 12.0. The van der Waals surface area contributed by atoms with Crippen molar-refractivity contribution in [3.05, 3.63) is 70.3 Å². The van der Waals surface area contributed by atoms with E-state index < -0.39 is 17.7 Å². The SMILES string of the molecule is CCN(CC)CCN1C(=O)C(=O)/C(=C(/O)c2ccc(OC(C)C)c(C)c2)C1c1ccccc1C. The van der Waals surface area contributed by atoms with Crippen LogP contribution in [0.25, 0.3) is 5.76 Å². The molecular formula is C28H36N2O4. The van der Waals surface area contributed by atoms with Crippen LogP contribution < -0.4 is 4.74 Å². The maximum absolute atomic E-state index is 13.3. The molecule has 6 nitrogen and oxygen atoms in total. The Balaban J connectivity index is 2.10. The number of ether oxygens (including phenoxy) is 1. The standard InChI is InChI=1S/C28H36N2O4/c1-7-29(8-2)15-16-30-25(22-12-10-9-11-19(22)5)24(27(32)28(30)33)26(31)21-13-14-23(20(6)17-21)34-18(3)4/h9-14,17-18,25,31H,7-8,15-16H2,1-6H3/b26-24+. The van der Waals surface area contributed by atoms with Crippen molar-refractivity contribution in [1.29, 1.82) is 0 Å². The first-order valence-corrected chi connectivity index (χ1v) is 12.0. The first kappa shape index (κ1) is 25.5. The Hall–Kier alpha value is -3.12. The lowest BCUT2D eigenvalue weighted by Gasteiger charge is -2.29. The summed E-state index contributed by atoms with van der Waals surface area (Å²) in [5.74, 6) is -0.651. The van der Waals surface area contributed by atoms with Gasteiger partial charge in [-0.3, -0.25) is 9.59 Å². The maximum atomic E-state index is 13.3. The smallest absolute Gasteiger partial charge is 0.295 e. The molecule has 34 heavy (non-hydrogen) atoms. The number of carbonyl (C=O) groups is 2. The molecule has 1 heterocycles. The average molecular weight is 465 g/mol. The zero-order valence-electron chi connectivity index (χ0n) is 21.1. The van der Waals surface area contributed by atoms with Crippen molar-refractivity contribution >= 4 is 17.4 Å². The Morgan fingerprint density at radius 1 is 1.06 bits per heavy atom. The van der Waals surface area contributed by atoms with Gasteiger partial charge in [-0.25, -0.2) is 0 Å². The van der Waals surface area contributed by atoms with Crippen LogP contribution in [0.2, 0.25) is 0 Å². The number of ketones is 1. The molecule has 1 N–H and O–H groups in total. The number of hydrogen-bond acceptors (Lipinski definition) is 5. The minimum atomic E-state index is -0.648. The number of hydrogen-bond donors (Lipinski definition) is 1. The second-order valence-corrected chi connectivity index (χ2v) is 9.02. The summed E-state index contributed by atoms with van der Waals surface area (Å²) in [5, 5.41) is 11.3. The van der Waals surface area contributed by atoms with Gasteiger partial charge in [0.2, 0.25) is 0 Å². The quantitative estimate of drug-likeness (QED) is 0.326. The molecule has 0 aromatic heterocycles. The number of benzene rings is 2. The van der Waals surface area contributed by atoms with Gasteiger partial charge in [0, 0.05) is 18.7 Å². The molecule has 1 atom stereocenters. The van der Waals surface area contributed by atoms with Gasteiger partial charge < -0.3 is 19.6 Å². The number of likely N-dealkylation sites (tertiary alicyclic amines) is 1. The van der Waals surface area contributed by atoms with Gasteiger partial charge in [-0.2, -0.15) is 0 Å². The summed E-state index contributed by atoms with van der Waals surface area (Å²) in [5.41, 5.74) is 3.29. The molecule has 0 radical (unpaired) electrons. The van der Waals surface area contributed by atoms with Crippen molar-refractivity contribution in [2.45, 2.75) is 53.7 Å². The number of amides is 1. The topological polar surface area (TPSA) is 70.1 Å². The number of carbonyl (C=O) groups excluding carboxylic acids is 2. The van der Waals surface area contributed by atoms with Gasteiger partial charge in [0.1, 0.15) is 11.5 Å². The van der Waals surface area contributed by atoms with Gasteiger partial charge in [0.25, 0.3) is 11.7 Å². The molecule has 0 aliphatic carbocycles. The first-order chi connectivity index (χ1) is 16.2. The largest absolute Gasteiger partial charge is 0.507 e. The van der Waals surface area contributed by atoms with Gasteiger partial charge in [-0.1, -0.05) is 38.1 Å². The molecule has 1 aliphatic heterocycles. The van der Waals surface area contributed by atoms with Gasteiger partial charge >= 0.3 is 0 Å². The minimum absolute atomic E-state index is 0.0235. The highest BCUT2D eigenvalue weighted by Crippen LogP contribution is 2.40. The van der Waals surface area contributed by atoms with Crippen molar-refractivity contribution in [2.24, 2.45) is 0 Å². The highest BCUT2D eigenvalue weighted by Gasteiger charge is 2.46. The molecule has 0 saturated carbocycles. The molecule has 182 valence electrons. The molecule has 1 amide bonds. The van der Waals surface area contributed by atoms with E-state index in [1.165, 1.54) is 0 Å². The van der Waals surface area contributed by atoms with Gasteiger partial charge in [0.05, 0.1) is 17.7 Å². The number of aliphatic hydroxyl groups is 1. The fourth-order valence-electron chi connectivity index (χ4n) is 4.45. The third kappa shape index (κ3) is 5.17. The van der Waals surface area contributed by atoms with Crippen molar-refractivity contribution in [1.82, 2.24) is 9.80 Å². The second-order valence-electron chi connectivity index (χ2n) is 9.02. The van der Waals surface area contributed by atoms with E-state index in [2.05, 4.69) is 18.7 Å². The highest BCUT2D eigenvalue weighted by atomic mass is 16.5. The number of aliphatic hydroxyl groups excluding tert-OH is 1. The van der Waals surface area contributed by atoms with Crippen LogP contribution in [0.15, 0.2) is 48.0 Å². The van der Waals surface area contributed by atoms with Crippen molar-refractivity contribution in [3.8, 4) is 5.75 Å². The van der Waals surface area contributed by atoms with Gasteiger partial charge in [0.15, 0.2) is 0 Å². The van der Waals surface area contributed by atoms with Crippen LogP contribution in [0.1, 0.15) is 56.0 Å². The third-order valence-corrected chi connectivity index (χ3v) is 6.39. The normalized spacial score (nSPS) is 17.8. The monoisotopic (exact) mass is 464 g/mol. The molecule has 3 rings (SSSR count). The molecule has 2 aromatic rings. The van der Waals surface area contributed by atoms with Crippen LogP contribution in [-0.4, -0.2) is 58.9 Å². The minimum Gasteiger partial charge on any atom is -0.507 e. The lowest BCUT2D eigenvalue weighted by molar-refractivity contribution is -0.140. The third-order valence-electron chi connectivity index (χ3n) is 6.39. The van der Waals surface area contributed by atoms with Gasteiger partial charge in [-0.15, -0.1) is 0 Å². The Bertz CT molecular complexity index is 1090. The zero-order chi connectivity index (χ0) is 25.0. The summed E-state index contributed by atoms with van der Waals surface area (Å²) >= 11 is 0. The number of nitrogens with zero attached hydrogens (tertiary/aromatic N) is 2. The highest BCUT2D eigenvalue weighted by molar-refractivity contribution is 6.46. The summed E-state index contributed by atoms with van der Waals surface area (Å²) in [6.45, 7) is 14.7. The van der Waals surface area contributed by atoms with Crippen molar-refractivity contribution in [2.75, 3.05) is 26.2 Å². The summed E-state index contributed by atoms with van der Waals surface area (Å²) in [6, 6.07) is 12.4. The van der Waals surface area contributed by atoms with E-state index in [-0.39, 0.29) is 17.4 Å². The van der Waals surface area contributed by atoms with E-state index in [1.54, 1.807) is 23.1 Å². The van der Waals surface area contributed by atoms with Crippen LogP contribution in [0, 0.1) is 13.8 Å². The molecule has 0 spiro atoms. The predicted octanol–water partition coefficient (Wildman–Crippen LogP) is 4.85. The predicted molar refractivity (Wildman–Crippen MR) is 135 cm³/mol. The van der Waals surface area contributed by atoms with Crippen LogP contribution >= 0.6 is 0 Å². The number of Topliss-reactive ketones (excluding diaryl/α,β-unsaturated/α-hetero) is 1. The van der Waals surface area contributed by atoms with Crippen LogP contribution in [0.5, 0.6) is 5.75 Å². The molecule has 1 unspecified atom stereocenters. The van der Waals surface area contributed by atoms with Crippen LogP contribution in [0.3, 0.4) is 0 Å². The van der Waals surface area contributed by atoms with Gasteiger partial charge in [-0.05, 0) is 75.7 Å². The van der Waals surface area contributed by atoms with Crippen molar-refractivity contribution < 1.29 is 19.4 Å². The second kappa shape index (κ2) is 10.9. The maximum Gasteiger partial charge on any atom is 0.295 e. The van der Waals surface area contributed by atoms with E-state index in [9.17, 15) is 14.7 Å². The lowest BCUT2D eigenvalue weighted by Crippen LogP contribution is -2.38. The summed E-state index contributed by atoms with van der Waals surface area (Å²) in [7, 11) is 0. The van der Waals surface area contributed by atoms with E-state index >= 15 is 0 Å². The molecule has 1 saturated heterocycles. The van der Waals surface area contributed by atoms with E-state index in [0.29, 0.717) is 18.7 Å². The molecule has 1 aliphatic rings. The average Bonchev–Trinajstić information content (AvgIpc) is 3.05. The molecule has 1 fully saturated rings. The fourth-order valence-corrected chi connectivity index (χ4v) is 4.45. The summed E-state index contributed by atoms with van der Waals surface area (Å²) in [6.07, 6.45) is 0.0235. The summed E-state index contributed by atoms with van der Waals surface area (Å²) in [4.78, 5) is 30.3. The Morgan fingerprint density at radius 2 is 1.74 bits per heavy atom. The van der Waals surface area contributed by atoms with Crippen LogP contribution in [0.4, 0.5) is 0 Å². The number of likely N-dealkylation sites (N-methyl/N-ethyl adjacent to an activating group) is 1. The number of rotatable bonds is 9. The fraction of sp³-hybridized carbons (Fsp3) is 0.429. The summed E-state index contributed by atoms with van der Waals surface area (Å²) < 4.78 is 5.81. The molecular weight excluding hydrogens is 428 g/mol. The molecule has 0 bridgehead atoms. The van der Waals surface area contributed by atoms with Crippen LogP contribution in [-0.2, 0) is 9.59 Å². The lowest BCUT2D eigenvalue weighted by atomic mass is 9.92. The van der Waals surface area contributed by atoms with E-state index in [4.69, 9.17) is 4.74 Å². The van der Waals surface area contributed by atoms with E-state index in [0.717, 1.165) is 35.5 Å². The Labute approximate surface area is 202 Å². The Kier molecular flexibility index (Phi) is 8.15. The van der Waals surface area contributed by atoms with Crippen molar-refractivity contribution in [3.63, 3.8) is 0 Å². The number of aryl methyl sites for hydroxylation is 2. The molecule has 2 aromatic carbocycles. The zero-order valence-corrected chi connectivity index (χ0v) is 21.1. The molecule has 6 heteroatoms. The van der Waals surface area contributed by atoms with E-state index in [1.807, 2.05) is 52.0 Å².